The van der Waals surface area contributed by atoms with E-state index in [4.69, 9.17) is 4.74 Å². The molecular formula is C12H17BrN2O2. The highest BCUT2D eigenvalue weighted by Gasteiger charge is 2.01. The fourth-order valence-corrected chi connectivity index (χ4v) is 1.53. The highest BCUT2D eigenvalue weighted by molar-refractivity contribution is 9.10. The third-order valence-corrected chi connectivity index (χ3v) is 2.61. The monoisotopic (exact) mass is 300 g/mol. The first-order valence-electron chi connectivity index (χ1n) is 5.39. The Hall–Kier alpha value is -1.07. The van der Waals surface area contributed by atoms with Crippen LogP contribution < -0.4 is 10.1 Å². The lowest BCUT2D eigenvalue weighted by Gasteiger charge is -2.11. The Morgan fingerprint density at radius 1 is 1.47 bits per heavy atom. The summed E-state index contributed by atoms with van der Waals surface area (Å²) in [4.78, 5) is 12.8. The Balaban J connectivity index is 2.14. The Labute approximate surface area is 110 Å². The van der Waals surface area contributed by atoms with Gasteiger partial charge in [-0.2, -0.15) is 0 Å². The fraction of sp³-hybridized carbons (Fsp3) is 0.417. The number of nitrogens with one attached hydrogen (secondary N) is 1. The van der Waals surface area contributed by atoms with Crippen molar-refractivity contribution in [1.82, 2.24) is 10.2 Å². The highest BCUT2D eigenvalue weighted by Crippen LogP contribution is 2.17. The summed E-state index contributed by atoms with van der Waals surface area (Å²) in [5.74, 6) is 0.882. The largest absolute Gasteiger partial charge is 0.492 e. The fourth-order valence-electron chi connectivity index (χ4n) is 1.15. The Morgan fingerprint density at radius 3 is 2.88 bits per heavy atom. The molecule has 0 saturated heterocycles. The van der Waals surface area contributed by atoms with Crippen LogP contribution in [0.2, 0.25) is 0 Å². The van der Waals surface area contributed by atoms with E-state index in [9.17, 15) is 4.79 Å². The second-order valence-electron chi connectivity index (χ2n) is 3.77. The van der Waals surface area contributed by atoms with E-state index in [-0.39, 0.29) is 5.91 Å². The van der Waals surface area contributed by atoms with Crippen LogP contribution in [0.1, 0.15) is 0 Å². The van der Waals surface area contributed by atoms with Gasteiger partial charge in [0.15, 0.2) is 0 Å². The Bertz CT molecular complexity index is 369. The maximum Gasteiger partial charge on any atom is 0.236 e. The number of hydrogen-bond donors (Lipinski definition) is 1. The van der Waals surface area contributed by atoms with E-state index in [1.165, 1.54) is 0 Å². The van der Waals surface area contributed by atoms with Crippen LogP contribution in [0.25, 0.3) is 0 Å². The van der Waals surface area contributed by atoms with Crippen LogP contribution in [0.4, 0.5) is 0 Å². The van der Waals surface area contributed by atoms with Crippen molar-refractivity contribution in [1.29, 1.82) is 0 Å². The molecular weight excluding hydrogens is 284 g/mol. The van der Waals surface area contributed by atoms with Gasteiger partial charge in [-0.05, 0) is 18.2 Å². The van der Waals surface area contributed by atoms with Gasteiger partial charge in [0.1, 0.15) is 12.4 Å². The molecule has 94 valence electrons. The second kappa shape index (κ2) is 7.29. The zero-order chi connectivity index (χ0) is 12.7. The molecule has 17 heavy (non-hydrogen) atoms. The summed E-state index contributed by atoms with van der Waals surface area (Å²) in [7, 11) is 3.48. The van der Waals surface area contributed by atoms with Gasteiger partial charge >= 0.3 is 0 Å². The predicted octanol–water partition coefficient (Wildman–Crippen LogP) is 1.51. The van der Waals surface area contributed by atoms with Crippen LogP contribution in [0, 0.1) is 0 Å². The maximum atomic E-state index is 11.2. The van der Waals surface area contributed by atoms with Crippen molar-refractivity contribution in [2.75, 3.05) is 33.8 Å². The molecule has 1 aromatic carbocycles. The molecule has 0 radical (unpaired) electrons. The van der Waals surface area contributed by atoms with E-state index in [2.05, 4.69) is 21.2 Å². The molecule has 1 N–H and O–H groups in total. The van der Waals surface area contributed by atoms with Gasteiger partial charge in [0.2, 0.25) is 5.91 Å². The number of halogens is 1. The van der Waals surface area contributed by atoms with Crippen LogP contribution in [0.15, 0.2) is 28.7 Å². The van der Waals surface area contributed by atoms with E-state index >= 15 is 0 Å². The highest BCUT2D eigenvalue weighted by atomic mass is 79.9. The number of hydrogen-bond acceptors (Lipinski definition) is 3. The van der Waals surface area contributed by atoms with Crippen LogP contribution >= 0.6 is 15.9 Å². The topological polar surface area (TPSA) is 41.6 Å². The molecule has 0 aromatic heterocycles. The molecule has 0 bridgehead atoms. The smallest absolute Gasteiger partial charge is 0.236 e. The van der Waals surface area contributed by atoms with Crippen LogP contribution in [-0.2, 0) is 4.79 Å². The molecule has 1 aromatic rings. The molecule has 1 rings (SSSR count). The van der Waals surface area contributed by atoms with E-state index in [1.807, 2.05) is 24.3 Å². The Morgan fingerprint density at radius 2 is 2.24 bits per heavy atom. The summed E-state index contributed by atoms with van der Waals surface area (Å²) in [5.41, 5.74) is 0. The molecule has 5 heteroatoms. The SMILES string of the molecule is CN(C)C(=O)CNCCOc1cccc(Br)c1. The summed E-state index contributed by atoms with van der Waals surface area (Å²) >= 11 is 3.37. The molecule has 0 aliphatic carbocycles. The van der Waals surface area contributed by atoms with Gasteiger partial charge in [-0.3, -0.25) is 4.79 Å². The zero-order valence-corrected chi connectivity index (χ0v) is 11.7. The average Bonchev–Trinajstić information content (AvgIpc) is 2.28. The first kappa shape index (κ1) is 14.0. The molecule has 0 fully saturated rings. The van der Waals surface area contributed by atoms with Crippen molar-refractivity contribution in [3.63, 3.8) is 0 Å². The summed E-state index contributed by atoms with van der Waals surface area (Å²) in [6.45, 7) is 1.53. The van der Waals surface area contributed by atoms with Gasteiger partial charge in [-0.1, -0.05) is 22.0 Å². The van der Waals surface area contributed by atoms with Crippen molar-refractivity contribution >= 4 is 21.8 Å². The lowest BCUT2D eigenvalue weighted by atomic mass is 10.3. The number of ether oxygens (including phenoxy) is 1. The minimum absolute atomic E-state index is 0.0625. The summed E-state index contributed by atoms with van der Waals surface area (Å²) in [6.07, 6.45) is 0. The number of carbonyl (C=O) groups excluding carboxylic acids is 1. The maximum absolute atomic E-state index is 11.2. The summed E-state index contributed by atoms with van der Waals surface area (Å²) in [5, 5.41) is 3.02. The van der Waals surface area contributed by atoms with Gasteiger partial charge in [0.05, 0.1) is 6.54 Å². The first-order chi connectivity index (χ1) is 8.09. The molecule has 0 atom stereocenters. The van der Waals surface area contributed by atoms with Crippen LogP contribution in [0.5, 0.6) is 5.75 Å². The van der Waals surface area contributed by atoms with Crippen molar-refractivity contribution in [3.8, 4) is 5.75 Å². The standard InChI is InChI=1S/C12H17BrN2O2/c1-15(2)12(16)9-14-6-7-17-11-5-3-4-10(13)8-11/h3-5,8,14H,6-7,9H2,1-2H3. The average molecular weight is 301 g/mol. The summed E-state index contributed by atoms with van der Waals surface area (Å²) < 4.78 is 6.50. The van der Waals surface area contributed by atoms with Gasteiger partial charge in [-0.25, -0.2) is 0 Å². The third-order valence-electron chi connectivity index (χ3n) is 2.12. The minimum atomic E-state index is 0.0625. The lowest BCUT2D eigenvalue weighted by molar-refractivity contribution is -0.127. The number of rotatable bonds is 6. The molecule has 0 spiro atoms. The number of nitrogens with zero attached hydrogens (tertiary/aromatic N) is 1. The van der Waals surface area contributed by atoms with Crippen molar-refractivity contribution in [3.05, 3.63) is 28.7 Å². The Kier molecular flexibility index (Phi) is 6.00. The van der Waals surface area contributed by atoms with Gasteiger partial charge in [0, 0.05) is 25.1 Å². The van der Waals surface area contributed by atoms with Crippen molar-refractivity contribution in [2.24, 2.45) is 0 Å². The van der Waals surface area contributed by atoms with Gasteiger partial charge < -0.3 is 15.0 Å². The van der Waals surface area contributed by atoms with Crippen molar-refractivity contribution in [2.45, 2.75) is 0 Å². The third kappa shape index (κ3) is 5.70. The van der Waals surface area contributed by atoms with E-state index < -0.39 is 0 Å². The molecule has 0 aliphatic heterocycles. The van der Waals surface area contributed by atoms with Gasteiger partial charge in [-0.15, -0.1) is 0 Å². The van der Waals surface area contributed by atoms with Crippen LogP contribution in [-0.4, -0.2) is 44.6 Å². The normalized spacial score (nSPS) is 10.1. The molecule has 1 amide bonds. The molecule has 0 heterocycles. The molecule has 0 aliphatic rings. The predicted molar refractivity (Wildman–Crippen MR) is 71.2 cm³/mol. The zero-order valence-electron chi connectivity index (χ0n) is 10.1. The number of likely N-dealkylation sites (N-methyl/N-ethyl adjacent to an activating group) is 1. The van der Waals surface area contributed by atoms with Gasteiger partial charge in [0.25, 0.3) is 0 Å². The molecule has 0 saturated carbocycles. The van der Waals surface area contributed by atoms with Crippen molar-refractivity contribution < 1.29 is 9.53 Å². The van der Waals surface area contributed by atoms with E-state index in [0.29, 0.717) is 19.7 Å². The minimum Gasteiger partial charge on any atom is -0.492 e. The molecule has 0 unspecified atom stereocenters. The van der Waals surface area contributed by atoms with E-state index in [0.717, 1.165) is 10.2 Å². The lowest BCUT2D eigenvalue weighted by Crippen LogP contribution is -2.34. The quantitative estimate of drug-likeness (QED) is 0.810. The summed E-state index contributed by atoms with van der Waals surface area (Å²) in [6, 6.07) is 7.67. The van der Waals surface area contributed by atoms with E-state index in [1.54, 1.807) is 19.0 Å². The number of carbonyl (C=O) groups is 1. The second-order valence-corrected chi connectivity index (χ2v) is 4.69. The number of amides is 1. The molecule has 4 nitrogen and oxygen atoms in total. The first-order valence-corrected chi connectivity index (χ1v) is 6.18. The number of benzene rings is 1. The van der Waals surface area contributed by atoms with Crippen LogP contribution in [0.3, 0.4) is 0 Å².